The van der Waals surface area contributed by atoms with Gasteiger partial charge in [0.2, 0.25) is 0 Å². The van der Waals surface area contributed by atoms with E-state index in [0.29, 0.717) is 22.2 Å². The maximum atomic E-state index is 11.8. The van der Waals surface area contributed by atoms with Gasteiger partial charge in [0.25, 0.3) is 0 Å². The van der Waals surface area contributed by atoms with E-state index < -0.39 is 4.92 Å². The number of nitrogens with zero attached hydrogens (tertiary/aromatic N) is 2. The molecule has 140 valence electrons. The second-order valence-corrected chi connectivity index (χ2v) is 6.79. The number of anilines is 1. The van der Waals surface area contributed by atoms with Gasteiger partial charge < -0.3 is 10.1 Å². The van der Waals surface area contributed by atoms with Crippen LogP contribution in [0, 0.1) is 30.9 Å². The van der Waals surface area contributed by atoms with Gasteiger partial charge in [-0.1, -0.05) is 25.4 Å². The highest BCUT2D eigenvalue weighted by molar-refractivity contribution is 6.30. The lowest BCUT2D eigenvalue weighted by atomic mass is 10.1. The Morgan fingerprint density at radius 2 is 1.77 bits per heavy atom. The highest BCUT2D eigenvalue weighted by atomic mass is 35.5. The number of hydrogen-bond donors (Lipinski definition) is 1. The van der Waals surface area contributed by atoms with Crippen molar-refractivity contribution in [1.29, 1.82) is 0 Å². The number of pyridine rings is 1. The average molecular weight is 378 g/mol. The summed E-state index contributed by atoms with van der Waals surface area (Å²) >= 11 is 6.06. The van der Waals surface area contributed by atoms with E-state index in [1.165, 1.54) is 0 Å². The molecule has 1 N–H and O–H groups in total. The maximum Gasteiger partial charge on any atom is 0.354 e. The van der Waals surface area contributed by atoms with Gasteiger partial charge in [0.1, 0.15) is 11.4 Å². The van der Waals surface area contributed by atoms with E-state index in [0.717, 1.165) is 24.0 Å². The van der Waals surface area contributed by atoms with Crippen LogP contribution in [-0.4, -0.2) is 15.9 Å². The number of hydrogen-bond acceptors (Lipinski definition) is 5. The van der Waals surface area contributed by atoms with Gasteiger partial charge in [0, 0.05) is 16.8 Å². The smallest absolute Gasteiger partial charge is 0.354 e. The Balaban J connectivity index is 2.55. The van der Waals surface area contributed by atoms with Crippen LogP contribution in [0.2, 0.25) is 5.02 Å². The predicted molar refractivity (Wildman–Crippen MR) is 105 cm³/mol. The molecular formula is C19H24ClN3O3. The molecule has 0 aliphatic heterocycles. The summed E-state index contributed by atoms with van der Waals surface area (Å²) in [7, 11) is 0. The van der Waals surface area contributed by atoms with Crippen LogP contribution < -0.4 is 10.1 Å². The van der Waals surface area contributed by atoms with Crippen LogP contribution in [0.1, 0.15) is 43.5 Å². The molecule has 0 unspecified atom stereocenters. The fourth-order valence-corrected chi connectivity index (χ4v) is 3.19. The third-order valence-corrected chi connectivity index (χ3v) is 4.46. The van der Waals surface area contributed by atoms with Crippen molar-refractivity contribution >= 4 is 23.0 Å². The van der Waals surface area contributed by atoms with Crippen molar-refractivity contribution in [1.82, 2.24) is 4.98 Å². The standard InChI is InChI=1S/C19H24ClN3O3/c1-6-15(7-2)22-16-10-13(5)21-19(17(16)23(24)25)26-18-11(3)8-14(20)9-12(18)4/h8-10,15H,6-7H2,1-5H3,(H,21,22). The van der Waals surface area contributed by atoms with Crippen LogP contribution in [0.25, 0.3) is 0 Å². The third-order valence-electron chi connectivity index (χ3n) is 4.24. The molecule has 0 fully saturated rings. The van der Waals surface area contributed by atoms with E-state index >= 15 is 0 Å². The minimum atomic E-state index is -0.451. The summed E-state index contributed by atoms with van der Waals surface area (Å²) in [6, 6.07) is 5.34. The highest BCUT2D eigenvalue weighted by Crippen LogP contribution is 2.39. The molecule has 0 spiro atoms. The number of nitrogens with one attached hydrogen (secondary N) is 1. The van der Waals surface area contributed by atoms with Gasteiger partial charge >= 0.3 is 11.6 Å². The Bertz CT molecular complexity index is 797. The van der Waals surface area contributed by atoms with Crippen molar-refractivity contribution in [3.8, 4) is 11.6 Å². The predicted octanol–water partition coefficient (Wildman–Crippen LogP) is 5.96. The third kappa shape index (κ3) is 4.43. The normalized spacial score (nSPS) is 10.9. The second kappa shape index (κ2) is 8.36. The molecule has 0 saturated carbocycles. The van der Waals surface area contributed by atoms with Crippen LogP contribution in [-0.2, 0) is 0 Å². The lowest BCUT2D eigenvalue weighted by Gasteiger charge is -2.18. The fourth-order valence-electron chi connectivity index (χ4n) is 2.86. The van der Waals surface area contributed by atoms with E-state index in [4.69, 9.17) is 16.3 Å². The number of ether oxygens (including phenoxy) is 1. The second-order valence-electron chi connectivity index (χ2n) is 6.35. The zero-order valence-corrected chi connectivity index (χ0v) is 16.5. The number of benzene rings is 1. The lowest BCUT2D eigenvalue weighted by Crippen LogP contribution is -2.18. The van der Waals surface area contributed by atoms with Crippen molar-refractivity contribution in [2.24, 2.45) is 0 Å². The molecule has 0 saturated heterocycles. The Hall–Kier alpha value is -2.34. The van der Waals surface area contributed by atoms with Gasteiger partial charge in [0.05, 0.1) is 4.92 Å². The molecule has 0 radical (unpaired) electrons. The van der Waals surface area contributed by atoms with Gasteiger partial charge in [-0.2, -0.15) is 0 Å². The Labute approximate surface area is 158 Å². The van der Waals surface area contributed by atoms with Gasteiger partial charge in [0.15, 0.2) is 0 Å². The van der Waals surface area contributed by atoms with Crippen molar-refractivity contribution in [3.05, 3.63) is 50.2 Å². The van der Waals surface area contributed by atoms with E-state index in [-0.39, 0.29) is 17.6 Å². The zero-order valence-electron chi connectivity index (χ0n) is 15.7. The number of aromatic nitrogens is 1. The van der Waals surface area contributed by atoms with E-state index in [1.807, 2.05) is 27.7 Å². The molecule has 26 heavy (non-hydrogen) atoms. The number of aryl methyl sites for hydroxylation is 3. The van der Waals surface area contributed by atoms with Gasteiger partial charge in [-0.3, -0.25) is 10.1 Å². The fraction of sp³-hybridized carbons (Fsp3) is 0.421. The number of nitro groups is 1. The summed E-state index contributed by atoms with van der Waals surface area (Å²) in [6.07, 6.45) is 1.72. The molecule has 2 aromatic rings. The molecule has 1 aromatic carbocycles. The first-order valence-corrected chi connectivity index (χ1v) is 9.01. The molecule has 6 nitrogen and oxygen atoms in total. The molecule has 2 rings (SSSR count). The molecule has 1 heterocycles. The van der Waals surface area contributed by atoms with Crippen molar-refractivity contribution in [2.45, 2.75) is 53.5 Å². The maximum absolute atomic E-state index is 11.8. The topological polar surface area (TPSA) is 77.3 Å². The monoisotopic (exact) mass is 377 g/mol. The minimum absolute atomic E-state index is 0.0167. The summed E-state index contributed by atoms with van der Waals surface area (Å²) < 4.78 is 5.91. The van der Waals surface area contributed by atoms with Crippen LogP contribution >= 0.6 is 11.6 Å². The molecule has 0 bridgehead atoms. The SMILES string of the molecule is CCC(CC)Nc1cc(C)nc(Oc2c(C)cc(Cl)cc2C)c1[N+](=O)[O-]. The first-order chi connectivity index (χ1) is 12.3. The van der Waals surface area contributed by atoms with E-state index in [9.17, 15) is 10.1 Å². The summed E-state index contributed by atoms with van der Waals surface area (Å²) in [5.74, 6) is 0.515. The first kappa shape index (κ1) is 20.0. The van der Waals surface area contributed by atoms with Gasteiger partial charge in [-0.05, 0) is 62.9 Å². The summed E-state index contributed by atoms with van der Waals surface area (Å²) in [5.41, 5.74) is 2.50. The number of halogens is 1. The van der Waals surface area contributed by atoms with Crippen LogP contribution in [0.3, 0.4) is 0 Å². The average Bonchev–Trinajstić information content (AvgIpc) is 2.55. The van der Waals surface area contributed by atoms with E-state index in [2.05, 4.69) is 10.3 Å². The molecule has 0 atom stereocenters. The largest absolute Gasteiger partial charge is 0.433 e. The van der Waals surface area contributed by atoms with E-state index in [1.54, 1.807) is 25.1 Å². The van der Waals surface area contributed by atoms with Gasteiger partial charge in [-0.25, -0.2) is 4.98 Å². The summed E-state index contributed by atoms with van der Waals surface area (Å²) in [5, 5.41) is 15.6. The van der Waals surface area contributed by atoms with Crippen molar-refractivity contribution in [2.75, 3.05) is 5.32 Å². The zero-order chi connectivity index (χ0) is 19.4. The lowest BCUT2D eigenvalue weighted by molar-refractivity contribution is -0.385. The Morgan fingerprint density at radius 3 is 2.27 bits per heavy atom. The van der Waals surface area contributed by atoms with Crippen LogP contribution in [0.15, 0.2) is 18.2 Å². The first-order valence-electron chi connectivity index (χ1n) is 8.63. The van der Waals surface area contributed by atoms with Gasteiger partial charge in [-0.15, -0.1) is 0 Å². The highest BCUT2D eigenvalue weighted by Gasteiger charge is 2.26. The molecule has 0 aliphatic rings. The van der Waals surface area contributed by atoms with Crippen LogP contribution in [0.5, 0.6) is 11.6 Å². The Morgan fingerprint density at radius 1 is 1.19 bits per heavy atom. The molecule has 0 amide bonds. The quantitative estimate of drug-likeness (QED) is 0.475. The van der Waals surface area contributed by atoms with Crippen molar-refractivity contribution < 1.29 is 9.66 Å². The summed E-state index contributed by atoms with van der Waals surface area (Å²) in [6.45, 7) is 9.56. The minimum Gasteiger partial charge on any atom is -0.433 e. The Kier molecular flexibility index (Phi) is 6.42. The van der Waals surface area contributed by atoms with Crippen molar-refractivity contribution in [3.63, 3.8) is 0 Å². The molecule has 1 aromatic heterocycles. The number of rotatable bonds is 7. The molecule has 7 heteroatoms. The summed E-state index contributed by atoms with van der Waals surface area (Å²) in [4.78, 5) is 15.6. The molecule has 0 aliphatic carbocycles. The van der Waals surface area contributed by atoms with Crippen LogP contribution in [0.4, 0.5) is 11.4 Å². The molecular weight excluding hydrogens is 354 g/mol.